The van der Waals surface area contributed by atoms with Gasteiger partial charge in [-0.05, 0) is 26.7 Å². The smallest absolute Gasteiger partial charge is 0.321 e. The summed E-state index contributed by atoms with van der Waals surface area (Å²) in [4.78, 5) is 44.7. The van der Waals surface area contributed by atoms with Gasteiger partial charge in [0, 0.05) is 18.4 Å². The standard InChI is InChI=1S/C13H23N3O5/c1-8(6-11(19)20)5-9(17)15-12(21)14-7-10(18)16-13(2,3)4/h8H,5-7H2,1-4H3,(H,16,18)(H,19,20)(H2,14,15,17,21). The zero-order valence-corrected chi connectivity index (χ0v) is 12.8. The molecule has 0 rings (SSSR count). The first kappa shape index (κ1) is 18.9. The van der Waals surface area contributed by atoms with Gasteiger partial charge in [0.05, 0.1) is 6.54 Å². The molecule has 120 valence electrons. The number of amides is 4. The van der Waals surface area contributed by atoms with Crippen molar-refractivity contribution in [3.05, 3.63) is 0 Å². The van der Waals surface area contributed by atoms with E-state index in [1.54, 1.807) is 27.7 Å². The molecular formula is C13H23N3O5. The van der Waals surface area contributed by atoms with Gasteiger partial charge in [0.25, 0.3) is 0 Å². The zero-order chi connectivity index (χ0) is 16.6. The third-order valence-corrected chi connectivity index (χ3v) is 2.23. The summed E-state index contributed by atoms with van der Waals surface area (Å²) in [5, 5.41) is 15.5. The summed E-state index contributed by atoms with van der Waals surface area (Å²) in [7, 11) is 0. The lowest BCUT2D eigenvalue weighted by Crippen LogP contribution is -2.48. The van der Waals surface area contributed by atoms with E-state index in [9.17, 15) is 19.2 Å². The minimum Gasteiger partial charge on any atom is -0.481 e. The molecule has 8 nitrogen and oxygen atoms in total. The number of aliphatic carboxylic acids is 1. The Morgan fingerprint density at radius 2 is 1.62 bits per heavy atom. The van der Waals surface area contributed by atoms with Gasteiger partial charge in [-0.15, -0.1) is 0 Å². The van der Waals surface area contributed by atoms with Crippen molar-refractivity contribution in [3.63, 3.8) is 0 Å². The second kappa shape index (κ2) is 8.23. The minimum atomic E-state index is -1.00. The van der Waals surface area contributed by atoms with Gasteiger partial charge < -0.3 is 15.7 Å². The van der Waals surface area contributed by atoms with Gasteiger partial charge >= 0.3 is 12.0 Å². The Bertz CT molecular complexity index is 415. The van der Waals surface area contributed by atoms with Crippen LogP contribution < -0.4 is 16.0 Å². The summed E-state index contributed by atoms with van der Waals surface area (Å²) >= 11 is 0. The Kier molecular flexibility index (Phi) is 7.40. The molecule has 0 aliphatic rings. The number of hydrogen-bond donors (Lipinski definition) is 4. The highest BCUT2D eigenvalue weighted by molar-refractivity contribution is 5.95. The SMILES string of the molecule is CC(CC(=O)O)CC(=O)NC(=O)NCC(=O)NC(C)(C)C. The maximum Gasteiger partial charge on any atom is 0.321 e. The minimum absolute atomic E-state index is 0.0755. The molecule has 0 aromatic carbocycles. The summed E-state index contributed by atoms with van der Waals surface area (Å²) in [6.45, 7) is 6.76. The van der Waals surface area contributed by atoms with Crippen molar-refractivity contribution in [2.24, 2.45) is 5.92 Å². The fourth-order valence-electron chi connectivity index (χ4n) is 1.53. The molecule has 4 amide bonds. The number of carboxylic acid groups (broad SMARTS) is 1. The van der Waals surface area contributed by atoms with Crippen molar-refractivity contribution in [2.75, 3.05) is 6.54 Å². The average molecular weight is 301 g/mol. The molecule has 1 unspecified atom stereocenters. The lowest BCUT2D eigenvalue weighted by atomic mass is 10.0. The molecule has 0 aliphatic heterocycles. The summed E-state index contributed by atoms with van der Waals surface area (Å²) in [5.74, 6) is -2.33. The first-order valence-corrected chi connectivity index (χ1v) is 6.60. The molecule has 0 aromatic heterocycles. The molecule has 0 radical (unpaired) electrons. The van der Waals surface area contributed by atoms with E-state index in [2.05, 4.69) is 10.6 Å². The number of hydrogen-bond acceptors (Lipinski definition) is 4. The van der Waals surface area contributed by atoms with Crippen LogP contribution in [0.3, 0.4) is 0 Å². The van der Waals surface area contributed by atoms with Gasteiger partial charge in [-0.1, -0.05) is 6.92 Å². The predicted molar refractivity (Wildman–Crippen MR) is 75.5 cm³/mol. The van der Waals surface area contributed by atoms with Gasteiger partial charge in [-0.25, -0.2) is 4.79 Å². The van der Waals surface area contributed by atoms with E-state index in [-0.39, 0.29) is 31.2 Å². The molecular weight excluding hydrogens is 278 g/mol. The van der Waals surface area contributed by atoms with E-state index in [0.717, 1.165) is 0 Å². The Balaban J connectivity index is 4.01. The number of carbonyl (C=O) groups is 4. The molecule has 0 spiro atoms. The van der Waals surface area contributed by atoms with E-state index in [4.69, 9.17) is 5.11 Å². The van der Waals surface area contributed by atoms with E-state index >= 15 is 0 Å². The molecule has 8 heteroatoms. The molecule has 0 saturated heterocycles. The van der Waals surface area contributed by atoms with Gasteiger partial charge in [-0.2, -0.15) is 0 Å². The molecule has 0 bridgehead atoms. The molecule has 0 aliphatic carbocycles. The normalized spacial score (nSPS) is 12.2. The highest BCUT2D eigenvalue weighted by Gasteiger charge is 2.16. The van der Waals surface area contributed by atoms with Crippen LogP contribution in [-0.4, -0.2) is 41.0 Å². The van der Waals surface area contributed by atoms with Crippen LogP contribution in [0.25, 0.3) is 0 Å². The third-order valence-electron chi connectivity index (χ3n) is 2.23. The predicted octanol–water partition coefficient (Wildman–Crippen LogP) is 0.228. The quantitative estimate of drug-likeness (QED) is 0.559. The monoisotopic (exact) mass is 301 g/mol. The highest BCUT2D eigenvalue weighted by atomic mass is 16.4. The Morgan fingerprint density at radius 1 is 1.05 bits per heavy atom. The van der Waals surface area contributed by atoms with Crippen LogP contribution in [0.5, 0.6) is 0 Å². The Labute approximate surface area is 123 Å². The van der Waals surface area contributed by atoms with Crippen LogP contribution in [-0.2, 0) is 14.4 Å². The third kappa shape index (κ3) is 11.4. The largest absolute Gasteiger partial charge is 0.481 e. The number of rotatable bonds is 6. The van der Waals surface area contributed by atoms with Crippen molar-refractivity contribution in [2.45, 2.75) is 46.1 Å². The summed E-state index contributed by atoms with van der Waals surface area (Å²) in [6.07, 6.45) is -0.225. The molecule has 0 saturated carbocycles. The summed E-state index contributed by atoms with van der Waals surface area (Å²) in [6, 6.07) is -0.786. The first-order chi connectivity index (χ1) is 9.49. The van der Waals surface area contributed by atoms with Crippen LogP contribution in [0.2, 0.25) is 0 Å². The maximum absolute atomic E-state index is 11.5. The lowest BCUT2D eigenvalue weighted by Gasteiger charge is -2.20. The number of carbonyl (C=O) groups excluding carboxylic acids is 3. The summed E-state index contributed by atoms with van der Waals surface area (Å²) < 4.78 is 0. The average Bonchev–Trinajstić information content (AvgIpc) is 2.22. The number of carboxylic acids is 1. The van der Waals surface area contributed by atoms with Crippen molar-refractivity contribution in [1.82, 2.24) is 16.0 Å². The molecule has 0 fully saturated rings. The number of imide groups is 1. The molecule has 1 atom stereocenters. The van der Waals surface area contributed by atoms with E-state index in [1.165, 1.54) is 0 Å². The van der Waals surface area contributed by atoms with E-state index in [0.29, 0.717) is 0 Å². The topological polar surface area (TPSA) is 125 Å². The van der Waals surface area contributed by atoms with Crippen LogP contribution in [0.1, 0.15) is 40.5 Å². The zero-order valence-electron chi connectivity index (χ0n) is 12.8. The van der Waals surface area contributed by atoms with E-state index in [1.807, 2.05) is 5.32 Å². The highest BCUT2D eigenvalue weighted by Crippen LogP contribution is 2.06. The van der Waals surface area contributed by atoms with Crippen molar-refractivity contribution < 1.29 is 24.3 Å². The van der Waals surface area contributed by atoms with Crippen molar-refractivity contribution in [3.8, 4) is 0 Å². The number of nitrogens with one attached hydrogen (secondary N) is 3. The Hall–Kier alpha value is -2.12. The number of urea groups is 1. The molecule has 4 N–H and O–H groups in total. The maximum atomic E-state index is 11.5. The second-order valence-electron chi connectivity index (χ2n) is 5.94. The first-order valence-electron chi connectivity index (χ1n) is 6.60. The van der Waals surface area contributed by atoms with Crippen LogP contribution >= 0.6 is 0 Å². The fourth-order valence-corrected chi connectivity index (χ4v) is 1.53. The van der Waals surface area contributed by atoms with Crippen molar-refractivity contribution >= 4 is 23.8 Å². The van der Waals surface area contributed by atoms with Gasteiger partial charge in [0.2, 0.25) is 11.8 Å². The van der Waals surface area contributed by atoms with Gasteiger partial charge in [0.15, 0.2) is 0 Å². The van der Waals surface area contributed by atoms with Gasteiger partial charge in [0.1, 0.15) is 0 Å². The van der Waals surface area contributed by atoms with E-state index < -0.39 is 23.4 Å². The fraction of sp³-hybridized carbons (Fsp3) is 0.692. The molecule has 0 heterocycles. The van der Waals surface area contributed by atoms with Crippen LogP contribution in [0.15, 0.2) is 0 Å². The molecule has 0 aromatic rings. The lowest BCUT2D eigenvalue weighted by molar-refractivity contribution is -0.138. The van der Waals surface area contributed by atoms with Gasteiger partial charge in [-0.3, -0.25) is 19.7 Å². The Morgan fingerprint density at radius 3 is 2.10 bits per heavy atom. The summed E-state index contributed by atoms with van der Waals surface area (Å²) in [5.41, 5.74) is -0.405. The van der Waals surface area contributed by atoms with Crippen LogP contribution in [0.4, 0.5) is 4.79 Å². The second-order valence-corrected chi connectivity index (χ2v) is 5.94. The molecule has 21 heavy (non-hydrogen) atoms. The van der Waals surface area contributed by atoms with Crippen molar-refractivity contribution in [1.29, 1.82) is 0 Å². The van der Waals surface area contributed by atoms with Crippen LogP contribution in [0, 0.1) is 5.92 Å².